The first-order valence-electron chi connectivity index (χ1n) is 6.68. The highest BCUT2D eigenvalue weighted by Gasteiger charge is 2.16. The maximum absolute atomic E-state index is 13.7. The molecule has 2 aromatic rings. The summed E-state index contributed by atoms with van der Waals surface area (Å²) in [6.45, 7) is 0. The van der Waals surface area contributed by atoms with Gasteiger partial charge in [0, 0.05) is 0 Å². The van der Waals surface area contributed by atoms with E-state index in [0.29, 0.717) is 5.75 Å². The standard InChI is InChI=1S/C16H15F2NO/c17-13-7-8-14(19)16(15(13)18)20-12-6-5-10-3-1-2-4-11(10)9-12/h5-9H,1-4,19H2. The highest BCUT2D eigenvalue weighted by molar-refractivity contribution is 5.55. The first kappa shape index (κ1) is 12.9. The van der Waals surface area contributed by atoms with Crippen LogP contribution >= 0.6 is 0 Å². The number of hydrogen-bond acceptors (Lipinski definition) is 2. The van der Waals surface area contributed by atoms with Crippen molar-refractivity contribution >= 4 is 5.69 Å². The number of benzene rings is 2. The first-order valence-corrected chi connectivity index (χ1v) is 6.68. The van der Waals surface area contributed by atoms with Crippen molar-refractivity contribution in [3.05, 3.63) is 53.1 Å². The summed E-state index contributed by atoms with van der Waals surface area (Å²) >= 11 is 0. The SMILES string of the molecule is Nc1ccc(F)c(F)c1Oc1ccc2c(c1)CCCC2. The van der Waals surface area contributed by atoms with E-state index < -0.39 is 11.6 Å². The lowest BCUT2D eigenvalue weighted by atomic mass is 9.92. The number of halogens is 2. The molecule has 2 aromatic carbocycles. The van der Waals surface area contributed by atoms with Gasteiger partial charge in [0.15, 0.2) is 11.6 Å². The second-order valence-electron chi connectivity index (χ2n) is 5.02. The Labute approximate surface area is 116 Å². The van der Waals surface area contributed by atoms with E-state index in [4.69, 9.17) is 10.5 Å². The summed E-state index contributed by atoms with van der Waals surface area (Å²) in [6, 6.07) is 7.93. The molecule has 2 N–H and O–H groups in total. The Bertz CT molecular complexity index is 655. The largest absolute Gasteiger partial charge is 0.452 e. The second-order valence-corrected chi connectivity index (χ2v) is 5.02. The Morgan fingerprint density at radius 1 is 0.950 bits per heavy atom. The Kier molecular flexibility index (Phi) is 3.30. The van der Waals surface area contributed by atoms with Gasteiger partial charge in [-0.25, -0.2) is 4.39 Å². The van der Waals surface area contributed by atoms with Gasteiger partial charge in [-0.3, -0.25) is 0 Å². The van der Waals surface area contributed by atoms with Crippen LogP contribution < -0.4 is 10.5 Å². The molecule has 20 heavy (non-hydrogen) atoms. The maximum Gasteiger partial charge on any atom is 0.203 e. The number of fused-ring (bicyclic) bond motifs is 1. The molecule has 0 aromatic heterocycles. The molecule has 104 valence electrons. The molecule has 0 saturated carbocycles. The molecular formula is C16H15F2NO. The van der Waals surface area contributed by atoms with Gasteiger partial charge in [0.25, 0.3) is 0 Å². The predicted molar refractivity (Wildman–Crippen MR) is 73.9 cm³/mol. The van der Waals surface area contributed by atoms with Crippen molar-refractivity contribution in [3.63, 3.8) is 0 Å². The zero-order valence-corrected chi connectivity index (χ0v) is 11.0. The van der Waals surface area contributed by atoms with Gasteiger partial charge in [-0.2, -0.15) is 4.39 Å². The molecular weight excluding hydrogens is 260 g/mol. The molecule has 2 nitrogen and oxygen atoms in total. The van der Waals surface area contributed by atoms with Crippen molar-refractivity contribution in [2.75, 3.05) is 5.73 Å². The molecule has 0 fully saturated rings. The summed E-state index contributed by atoms with van der Waals surface area (Å²) in [5.74, 6) is -1.78. The van der Waals surface area contributed by atoms with Crippen LogP contribution in [0.3, 0.4) is 0 Å². The van der Waals surface area contributed by atoms with Gasteiger partial charge >= 0.3 is 0 Å². The Balaban J connectivity index is 1.94. The number of nitrogen functional groups attached to an aromatic ring is 1. The third kappa shape index (κ3) is 2.33. The molecule has 0 bridgehead atoms. The van der Waals surface area contributed by atoms with Crippen molar-refractivity contribution in [2.24, 2.45) is 0 Å². The number of nitrogens with two attached hydrogens (primary N) is 1. The van der Waals surface area contributed by atoms with Crippen LogP contribution in [0.1, 0.15) is 24.0 Å². The molecule has 0 radical (unpaired) electrons. The van der Waals surface area contributed by atoms with Crippen molar-refractivity contribution in [1.29, 1.82) is 0 Å². The van der Waals surface area contributed by atoms with E-state index in [2.05, 4.69) is 0 Å². The number of ether oxygens (including phenoxy) is 1. The summed E-state index contributed by atoms with van der Waals surface area (Å²) < 4.78 is 32.4. The minimum atomic E-state index is -1.05. The quantitative estimate of drug-likeness (QED) is 0.833. The normalized spacial score (nSPS) is 13.9. The van der Waals surface area contributed by atoms with Crippen molar-refractivity contribution in [3.8, 4) is 11.5 Å². The minimum Gasteiger partial charge on any atom is -0.452 e. The number of anilines is 1. The minimum absolute atomic E-state index is 0.0848. The molecule has 0 aliphatic heterocycles. The van der Waals surface area contributed by atoms with E-state index >= 15 is 0 Å². The van der Waals surface area contributed by atoms with E-state index in [-0.39, 0.29) is 11.4 Å². The van der Waals surface area contributed by atoms with Crippen molar-refractivity contribution in [2.45, 2.75) is 25.7 Å². The van der Waals surface area contributed by atoms with E-state index in [0.717, 1.165) is 25.3 Å². The molecule has 4 heteroatoms. The van der Waals surface area contributed by atoms with Gasteiger partial charge in [-0.15, -0.1) is 0 Å². The summed E-state index contributed by atoms with van der Waals surface area (Å²) in [5.41, 5.74) is 8.24. The highest BCUT2D eigenvalue weighted by atomic mass is 19.2. The van der Waals surface area contributed by atoms with Crippen LogP contribution in [0.4, 0.5) is 14.5 Å². The molecule has 0 unspecified atom stereocenters. The smallest absolute Gasteiger partial charge is 0.203 e. The maximum atomic E-state index is 13.7. The molecule has 0 saturated heterocycles. The number of rotatable bonds is 2. The van der Waals surface area contributed by atoms with E-state index in [1.165, 1.54) is 23.6 Å². The summed E-state index contributed by atoms with van der Waals surface area (Å²) in [5, 5.41) is 0. The van der Waals surface area contributed by atoms with Gasteiger partial charge < -0.3 is 10.5 Å². The second kappa shape index (κ2) is 5.12. The number of hydrogen-bond donors (Lipinski definition) is 1. The summed E-state index contributed by atoms with van der Waals surface area (Å²) in [7, 11) is 0. The van der Waals surface area contributed by atoms with Gasteiger partial charge in [0.2, 0.25) is 5.82 Å². The van der Waals surface area contributed by atoms with Crippen LogP contribution in [0, 0.1) is 11.6 Å². The fourth-order valence-electron chi connectivity index (χ4n) is 2.54. The fraction of sp³-hybridized carbons (Fsp3) is 0.250. The topological polar surface area (TPSA) is 35.2 Å². The van der Waals surface area contributed by atoms with Crippen LogP contribution in [-0.2, 0) is 12.8 Å². The van der Waals surface area contributed by atoms with Crippen molar-refractivity contribution < 1.29 is 13.5 Å². The van der Waals surface area contributed by atoms with Crippen LogP contribution in [0.2, 0.25) is 0 Å². The summed E-state index contributed by atoms with van der Waals surface area (Å²) in [4.78, 5) is 0. The van der Waals surface area contributed by atoms with Gasteiger partial charge in [0.05, 0.1) is 5.69 Å². The lowest BCUT2D eigenvalue weighted by Gasteiger charge is -2.17. The Morgan fingerprint density at radius 2 is 1.70 bits per heavy atom. The monoisotopic (exact) mass is 275 g/mol. The van der Waals surface area contributed by atoms with Crippen LogP contribution in [0.5, 0.6) is 11.5 Å². The third-order valence-corrected chi connectivity index (χ3v) is 3.62. The zero-order valence-electron chi connectivity index (χ0n) is 11.0. The zero-order chi connectivity index (χ0) is 14.1. The van der Waals surface area contributed by atoms with E-state index in [1.807, 2.05) is 12.1 Å². The molecule has 0 atom stereocenters. The Hall–Kier alpha value is -2.10. The highest BCUT2D eigenvalue weighted by Crippen LogP contribution is 2.33. The predicted octanol–water partition coefficient (Wildman–Crippen LogP) is 4.22. The molecule has 0 heterocycles. The third-order valence-electron chi connectivity index (χ3n) is 3.62. The van der Waals surface area contributed by atoms with Crippen LogP contribution in [0.25, 0.3) is 0 Å². The lowest BCUT2D eigenvalue weighted by molar-refractivity contribution is 0.417. The molecule has 1 aliphatic carbocycles. The van der Waals surface area contributed by atoms with Crippen molar-refractivity contribution in [1.82, 2.24) is 0 Å². The van der Waals surface area contributed by atoms with Gasteiger partial charge in [0.1, 0.15) is 5.75 Å². The van der Waals surface area contributed by atoms with Gasteiger partial charge in [-0.05, 0) is 61.1 Å². The fourth-order valence-corrected chi connectivity index (χ4v) is 2.54. The van der Waals surface area contributed by atoms with Crippen LogP contribution in [0.15, 0.2) is 30.3 Å². The Morgan fingerprint density at radius 3 is 2.50 bits per heavy atom. The average molecular weight is 275 g/mol. The van der Waals surface area contributed by atoms with E-state index in [1.54, 1.807) is 6.07 Å². The van der Waals surface area contributed by atoms with E-state index in [9.17, 15) is 8.78 Å². The molecule has 0 spiro atoms. The number of aryl methyl sites for hydroxylation is 2. The molecule has 1 aliphatic rings. The summed E-state index contributed by atoms with van der Waals surface area (Å²) in [6.07, 6.45) is 4.39. The lowest BCUT2D eigenvalue weighted by Crippen LogP contribution is -2.03. The first-order chi connectivity index (χ1) is 9.65. The molecule has 0 amide bonds. The van der Waals surface area contributed by atoms with Gasteiger partial charge in [-0.1, -0.05) is 6.07 Å². The molecule has 3 rings (SSSR count). The average Bonchev–Trinajstić information content (AvgIpc) is 2.47. The van der Waals surface area contributed by atoms with Crippen LogP contribution in [-0.4, -0.2) is 0 Å².